The number of para-hydroxylation sites is 4. The fourth-order valence-electron chi connectivity index (χ4n) is 4.59. The summed E-state index contributed by atoms with van der Waals surface area (Å²) in [5, 5.41) is 0. The van der Waals surface area contributed by atoms with E-state index in [1.807, 2.05) is 11.8 Å². The first-order valence-corrected chi connectivity index (χ1v) is 13.0. The van der Waals surface area contributed by atoms with Crippen LogP contribution >= 0.6 is 11.8 Å². The van der Waals surface area contributed by atoms with Crippen molar-refractivity contribution in [3.63, 3.8) is 0 Å². The summed E-state index contributed by atoms with van der Waals surface area (Å²) >= 11 is 1.87. The predicted molar refractivity (Wildman–Crippen MR) is 146 cm³/mol. The molecular weight excluding hydrogens is 448 g/mol. The van der Waals surface area contributed by atoms with Gasteiger partial charge in [0.1, 0.15) is 11.6 Å². The molecule has 2 aromatic heterocycles. The van der Waals surface area contributed by atoms with Crippen LogP contribution in [0.5, 0.6) is 0 Å². The van der Waals surface area contributed by atoms with Gasteiger partial charge in [0.15, 0.2) is 0 Å². The molecule has 4 aromatic carbocycles. The molecule has 0 bridgehead atoms. The smallest absolute Gasteiger partial charge is 0.120 e. The standard InChI is InChI=1S/C30H26N4S/c1-3-11-23(12-4-1)19-33-27-17-9-7-15-25(27)31-29(33)21-35-22-30-32-26-16-8-10-18-28(26)34(30)20-24-13-5-2-6-14-24/h1-18H,19-22H2. The van der Waals surface area contributed by atoms with Crippen LogP contribution in [0.4, 0.5) is 0 Å². The van der Waals surface area contributed by atoms with Gasteiger partial charge >= 0.3 is 0 Å². The lowest BCUT2D eigenvalue weighted by molar-refractivity contribution is 0.774. The summed E-state index contributed by atoms with van der Waals surface area (Å²) in [7, 11) is 0. The molecule has 0 N–H and O–H groups in total. The van der Waals surface area contributed by atoms with Crippen LogP contribution in [0.15, 0.2) is 109 Å². The highest BCUT2D eigenvalue weighted by atomic mass is 32.2. The van der Waals surface area contributed by atoms with Crippen LogP contribution in [0.1, 0.15) is 22.8 Å². The summed E-state index contributed by atoms with van der Waals surface area (Å²) in [4.78, 5) is 9.98. The van der Waals surface area contributed by atoms with Crippen molar-refractivity contribution in [3.8, 4) is 0 Å². The van der Waals surface area contributed by atoms with E-state index < -0.39 is 0 Å². The molecule has 6 aromatic rings. The van der Waals surface area contributed by atoms with Crippen molar-refractivity contribution < 1.29 is 0 Å². The third-order valence-electron chi connectivity index (χ3n) is 6.30. The third-order valence-corrected chi connectivity index (χ3v) is 7.22. The molecule has 0 fully saturated rings. The van der Waals surface area contributed by atoms with Gasteiger partial charge in [-0.3, -0.25) is 0 Å². The molecule has 172 valence electrons. The molecule has 2 heterocycles. The first-order valence-electron chi connectivity index (χ1n) is 11.9. The topological polar surface area (TPSA) is 35.6 Å². The highest BCUT2D eigenvalue weighted by molar-refractivity contribution is 7.97. The number of nitrogens with zero attached hydrogens (tertiary/aromatic N) is 4. The van der Waals surface area contributed by atoms with E-state index in [0.29, 0.717) is 0 Å². The molecule has 35 heavy (non-hydrogen) atoms. The van der Waals surface area contributed by atoms with Crippen molar-refractivity contribution in [3.05, 3.63) is 132 Å². The lowest BCUT2D eigenvalue weighted by Gasteiger charge is -2.11. The normalized spacial score (nSPS) is 11.4. The molecule has 0 atom stereocenters. The van der Waals surface area contributed by atoms with Gasteiger partial charge in [0, 0.05) is 13.1 Å². The first kappa shape index (κ1) is 21.7. The van der Waals surface area contributed by atoms with Gasteiger partial charge in [0.05, 0.1) is 33.6 Å². The fourth-order valence-corrected chi connectivity index (χ4v) is 5.50. The Morgan fingerprint density at radius 3 is 1.34 bits per heavy atom. The molecule has 0 amide bonds. The van der Waals surface area contributed by atoms with Crippen molar-refractivity contribution in [2.75, 3.05) is 0 Å². The molecule has 4 nitrogen and oxygen atoms in total. The highest BCUT2D eigenvalue weighted by Crippen LogP contribution is 2.25. The van der Waals surface area contributed by atoms with E-state index in [-0.39, 0.29) is 0 Å². The zero-order valence-corrected chi connectivity index (χ0v) is 20.2. The zero-order chi connectivity index (χ0) is 23.5. The number of imidazole rings is 2. The Morgan fingerprint density at radius 1 is 0.486 bits per heavy atom. The largest absolute Gasteiger partial charge is 0.323 e. The Kier molecular flexibility index (Phi) is 6.07. The second-order valence-corrected chi connectivity index (χ2v) is 9.66. The van der Waals surface area contributed by atoms with E-state index in [9.17, 15) is 0 Å². The number of thioether (sulfide) groups is 1. The number of rotatable bonds is 8. The van der Waals surface area contributed by atoms with Gasteiger partial charge in [0.2, 0.25) is 0 Å². The van der Waals surface area contributed by atoms with Gasteiger partial charge in [-0.05, 0) is 35.4 Å². The molecule has 0 radical (unpaired) electrons. The van der Waals surface area contributed by atoms with E-state index in [1.54, 1.807) is 0 Å². The summed E-state index contributed by atoms with van der Waals surface area (Å²) in [5.41, 5.74) is 7.04. The van der Waals surface area contributed by atoms with Crippen molar-refractivity contribution in [2.45, 2.75) is 24.6 Å². The van der Waals surface area contributed by atoms with Crippen LogP contribution in [0.25, 0.3) is 22.1 Å². The van der Waals surface area contributed by atoms with E-state index in [4.69, 9.17) is 9.97 Å². The number of hydrogen-bond donors (Lipinski definition) is 0. The van der Waals surface area contributed by atoms with Gasteiger partial charge in [-0.25, -0.2) is 9.97 Å². The molecule has 0 aliphatic carbocycles. The Balaban J connectivity index is 1.27. The first-order chi connectivity index (χ1) is 17.3. The highest BCUT2D eigenvalue weighted by Gasteiger charge is 2.14. The minimum atomic E-state index is 0.823. The molecule has 0 saturated carbocycles. The quantitative estimate of drug-likeness (QED) is 0.240. The molecule has 0 aliphatic rings. The van der Waals surface area contributed by atoms with E-state index in [0.717, 1.165) is 47.3 Å². The predicted octanol–water partition coefficient (Wildman–Crippen LogP) is 6.92. The average molecular weight is 475 g/mol. The maximum absolute atomic E-state index is 4.99. The Labute approximate surface area is 209 Å². The molecule has 0 aliphatic heterocycles. The summed E-state index contributed by atoms with van der Waals surface area (Å²) in [5.74, 6) is 3.86. The molecule has 0 unspecified atom stereocenters. The summed E-state index contributed by atoms with van der Waals surface area (Å²) < 4.78 is 4.70. The van der Waals surface area contributed by atoms with E-state index in [1.165, 1.54) is 22.2 Å². The molecule has 6 rings (SSSR count). The van der Waals surface area contributed by atoms with Gasteiger partial charge in [-0.2, -0.15) is 0 Å². The maximum Gasteiger partial charge on any atom is 0.120 e. The van der Waals surface area contributed by atoms with Crippen LogP contribution < -0.4 is 0 Å². The molecule has 5 heteroatoms. The second kappa shape index (κ2) is 9.80. The number of aromatic nitrogens is 4. The van der Waals surface area contributed by atoms with Crippen molar-refractivity contribution in [1.29, 1.82) is 0 Å². The average Bonchev–Trinajstić information content (AvgIpc) is 3.43. The Hall–Kier alpha value is -3.83. The van der Waals surface area contributed by atoms with Gasteiger partial charge < -0.3 is 9.13 Å². The lowest BCUT2D eigenvalue weighted by Crippen LogP contribution is -2.06. The van der Waals surface area contributed by atoms with Crippen LogP contribution in [0, 0.1) is 0 Å². The number of benzene rings is 4. The molecule has 0 saturated heterocycles. The maximum atomic E-state index is 4.99. The SMILES string of the molecule is c1ccc(Cn2c(CSCc3nc4ccccc4n3Cc3ccccc3)nc3ccccc32)cc1. The third kappa shape index (κ3) is 4.60. The van der Waals surface area contributed by atoms with Gasteiger partial charge in [-0.15, -0.1) is 11.8 Å². The van der Waals surface area contributed by atoms with Crippen LogP contribution in [0.2, 0.25) is 0 Å². The summed E-state index contributed by atoms with van der Waals surface area (Å²) in [6.45, 7) is 1.65. The lowest BCUT2D eigenvalue weighted by atomic mass is 10.2. The molecule has 0 spiro atoms. The zero-order valence-electron chi connectivity index (χ0n) is 19.4. The van der Waals surface area contributed by atoms with Crippen molar-refractivity contribution in [2.24, 2.45) is 0 Å². The second-order valence-electron chi connectivity index (χ2n) is 8.67. The van der Waals surface area contributed by atoms with Crippen LogP contribution in [-0.4, -0.2) is 19.1 Å². The van der Waals surface area contributed by atoms with Crippen molar-refractivity contribution in [1.82, 2.24) is 19.1 Å². The van der Waals surface area contributed by atoms with E-state index in [2.05, 4.69) is 118 Å². The van der Waals surface area contributed by atoms with Crippen LogP contribution in [-0.2, 0) is 24.6 Å². The Morgan fingerprint density at radius 2 is 0.886 bits per heavy atom. The van der Waals surface area contributed by atoms with Crippen molar-refractivity contribution >= 4 is 33.8 Å². The monoisotopic (exact) mass is 474 g/mol. The minimum absolute atomic E-state index is 0.823. The number of fused-ring (bicyclic) bond motifs is 2. The molecular formula is C30H26N4S. The van der Waals surface area contributed by atoms with Crippen LogP contribution in [0.3, 0.4) is 0 Å². The minimum Gasteiger partial charge on any atom is -0.323 e. The Bertz CT molecular complexity index is 1450. The fraction of sp³-hybridized carbons (Fsp3) is 0.133. The van der Waals surface area contributed by atoms with Gasteiger partial charge in [0.25, 0.3) is 0 Å². The number of hydrogen-bond acceptors (Lipinski definition) is 3. The summed E-state index contributed by atoms with van der Waals surface area (Å²) in [6.07, 6.45) is 0. The van der Waals surface area contributed by atoms with Gasteiger partial charge in [-0.1, -0.05) is 84.9 Å². The summed E-state index contributed by atoms with van der Waals surface area (Å²) in [6, 6.07) is 38.1. The van der Waals surface area contributed by atoms with E-state index >= 15 is 0 Å².